The second-order valence-electron chi connectivity index (χ2n) is 8.14. The number of benzene rings is 2. The number of allylic oxidation sites excluding steroid dienone is 1. The van der Waals surface area contributed by atoms with Gasteiger partial charge in [0.2, 0.25) is 0 Å². The van der Waals surface area contributed by atoms with Crippen molar-refractivity contribution in [1.82, 2.24) is 0 Å². The predicted octanol–water partition coefficient (Wildman–Crippen LogP) is 4.85. The Labute approximate surface area is 213 Å². The van der Waals surface area contributed by atoms with Crippen LogP contribution in [0.3, 0.4) is 0 Å². The van der Waals surface area contributed by atoms with Crippen LogP contribution < -0.4 is 10.6 Å². The summed E-state index contributed by atoms with van der Waals surface area (Å²) in [5.41, 5.74) is 8.73. The second-order valence-corrected chi connectivity index (χ2v) is 8.55. The molecule has 1 aromatic heterocycles. The van der Waals surface area contributed by atoms with Gasteiger partial charge in [-0.1, -0.05) is 48.9 Å². The molecule has 0 radical (unpaired) electrons. The minimum absolute atomic E-state index is 0.0355. The molecule has 0 spiro atoms. The highest BCUT2D eigenvalue weighted by molar-refractivity contribution is 6.35. The molecule has 1 unspecified atom stereocenters. The zero-order valence-corrected chi connectivity index (χ0v) is 21.0. The standard InChI is InChI=1S/C27H24ClN3O5/c1-5-20-14(2)17-11-16(12-19(28)24(17)36-20)31-23(27(33)35-4)22(26(32)34-3)21(18(13-29)25(31)30)15-9-7-6-8-10-15/h6-12,21H,5,30H2,1-4H3. The van der Waals surface area contributed by atoms with Crippen molar-refractivity contribution in [2.45, 2.75) is 26.2 Å². The lowest BCUT2D eigenvalue weighted by Crippen LogP contribution is -2.40. The van der Waals surface area contributed by atoms with E-state index in [4.69, 9.17) is 31.2 Å². The number of esters is 2. The maximum atomic E-state index is 13.2. The van der Waals surface area contributed by atoms with Gasteiger partial charge < -0.3 is 19.6 Å². The molecule has 184 valence electrons. The summed E-state index contributed by atoms with van der Waals surface area (Å²) in [4.78, 5) is 27.7. The fourth-order valence-corrected chi connectivity index (χ4v) is 4.81. The van der Waals surface area contributed by atoms with Crippen molar-refractivity contribution in [3.63, 3.8) is 0 Å². The maximum absolute atomic E-state index is 13.2. The minimum atomic E-state index is -0.949. The largest absolute Gasteiger partial charge is 0.466 e. The van der Waals surface area contributed by atoms with Gasteiger partial charge in [0.05, 0.1) is 48.1 Å². The van der Waals surface area contributed by atoms with E-state index < -0.39 is 17.9 Å². The van der Waals surface area contributed by atoms with E-state index in [0.29, 0.717) is 23.3 Å². The fourth-order valence-electron chi connectivity index (χ4n) is 4.56. The van der Waals surface area contributed by atoms with Gasteiger partial charge >= 0.3 is 11.9 Å². The van der Waals surface area contributed by atoms with Crippen LogP contribution in [0.1, 0.15) is 29.7 Å². The van der Waals surface area contributed by atoms with Crippen molar-refractivity contribution < 1.29 is 23.5 Å². The number of halogens is 1. The molecular formula is C27H24ClN3O5. The summed E-state index contributed by atoms with van der Waals surface area (Å²) in [6, 6.07) is 14.3. The quantitative estimate of drug-likeness (QED) is 0.488. The number of hydrogen-bond acceptors (Lipinski definition) is 8. The number of ether oxygens (including phenoxy) is 2. The van der Waals surface area contributed by atoms with E-state index in [1.54, 1.807) is 42.5 Å². The first-order chi connectivity index (χ1) is 17.3. The van der Waals surface area contributed by atoms with Crippen molar-refractivity contribution in [2.24, 2.45) is 5.73 Å². The van der Waals surface area contributed by atoms with Crippen LogP contribution in [0.5, 0.6) is 0 Å². The minimum Gasteiger partial charge on any atom is -0.466 e. The fraction of sp³-hybridized carbons (Fsp3) is 0.222. The van der Waals surface area contributed by atoms with Crippen LogP contribution >= 0.6 is 11.6 Å². The number of nitrogens with zero attached hydrogens (tertiary/aromatic N) is 2. The molecule has 0 amide bonds. The summed E-state index contributed by atoms with van der Waals surface area (Å²) in [5, 5.41) is 11.2. The number of nitriles is 1. The first-order valence-corrected chi connectivity index (χ1v) is 11.5. The van der Waals surface area contributed by atoms with Gasteiger partial charge in [-0.05, 0) is 30.2 Å². The smallest absolute Gasteiger partial charge is 0.355 e. The predicted molar refractivity (Wildman–Crippen MR) is 135 cm³/mol. The van der Waals surface area contributed by atoms with Crippen LogP contribution in [0, 0.1) is 18.3 Å². The molecule has 8 nitrogen and oxygen atoms in total. The summed E-state index contributed by atoms with van der Waals surface area (Å²) < 4.78 is 16.0. The zero-order chi connectivity index (χ0) is 26.1. The van der Waals surface area contributed by atoms with Gasteiger partial charge in [-0.2, -0.15) is 5.26 Å². The number of anilines is 1. The molecule has 1 aliphatic heterocycles. The normalized spacial score (nSPS) is 15.8. The van der Waals surface area contributed by atoms with Gasteiger partial charge in [0.25, 0.3) is 0 Å². The van der Waals surface area contributed by atoms with Gasteiger partial charge in [0.1, 0.15) is 17.3 Å². The Morgan fingerprint density at radius 1 is 1.17 bits per heavy atom. The summed E-state index contributed by atoms with van der Waals surface area (Å²) in [6.07, 6.45) is 0.662. The first kappa shape index (κ1) is 24.9. The van der Waals surface area contributed by atoms with E-state index in [0.717, 1.165) is 16.7 Å². The van der Waals surface area contributed by atoms with E-state index in [1.165, 1.54) is 19.1 Å². The highest BCUT2D eigenvalue weighted by Crippen LogP contribution is 2.45. The molecule has 4 rings (SSSR count). The Kier molecular flexibility index (Phi) is 6.77. The third-order valence-corrected chi connectivity index (χ3v) is 6.55. The molecule has 0 saturated heterocycles. The Hall–Kier alpha value is -4.22. The second kappa shape index (κ2) is 9.80. The molecule has 9 heteroatoms. The van der Waals surface area contributed by atoms with Crippen molar-refractivity contribution in [2.75, 3.05) is 19.1 Å². The van der Waals surface area contributed by atoms with Gasteiger partial charge in [0.15, 0.2) is 5.58 Å². The van der Waals surface area contributed by atoms with E-state index in [-0.39, 0.29) is 27.7 Å². The number of rotatable bonds is 5. The van der Waals surface area contributed by atoms with Gasteiger partial charge in [-0.3, -0.25) is 4.90 Å². The van der Waals surface area contributed by atoms with Gasteiger partial charge in [-0.25, -0.2) is 9.59 Å². The lowest BCUT2D eigenvalue weighted by Gasteiger charge is -2.36. The van der Waals surface area contributed by atoms with Crippen molar-refractivity contribution in [3.05, 3.63) is 87.0 Å². The monoisotopic (exact) mass is 505 g/mol. The average Bonchev–Trinajstić information content (AvgIpc) is 3.23. The van der Waals surface area contributed by atoms with Crippen LogP contribution in [-0.2, 0) is 25.5 Å². The van der Waals surface area contributed by atoms with Crippen molar-refractivity contribution in [1.29, 1.82) is 5.26 Å². The lowest BCUT2D eigenvalue weighted by atomic mass is 9.81. The molecule has 1 aliphatic rings. The number of carbonyl (C=O) groups is 2. The molecule has 2 aromatic carbocycles. The van der Waals surface area contributed by atoms with Crippen LogP contribution in [0.25, 0.3) is 11.0 Å². The van der Waals surface area contributed by atoms with Crippen molar-refractivity contribution >= 4 is 40.2 Å². The number of methoxy groups -OCH3 is 2. The number of fused-ring (bicyclic) bond motifs is 1. The van der Waals surface area contributed by atoms with Crippen molar-refractivity contribution in [3.8, 4) is 6.07 Å². The molecule has 0 fully saturated rings. The van der Waals surface area contributed by atoms with Crippen LogP contribution in [-0.4, -0.2) is 26.2 Å². The lowest BCUT2D eigenvalue weighted by molar-refractivity contribution is -0.139. The summed E-state index contributed by atoms with van der Waals surface area (Å²) in [7, 11) is 2.40. The third-order valence-electron chi connectivity index (χ3n) is 6.27. The van der Waals surface area contributed by atoms with Gasteiger partial charge in [0, 0.05) is 11.8 Å². The third kappa shape index (κ3) is 3.88. The molecule has 3 aromatic rings. The Balaban J connectivity index is 2.09. The summed E-state index contributed by atoms with van der Waals surface area (Å²) in [5.74, 6) is -1.84. The molecule has 0 saturated carbocycles. The number of aryl methyl sites for hydroxylation is 2. The topological polar surface area (TPSA) is 119 Å². The summed E-state index contributed by atoms with van der Waals surface area (Å²) >= 11 is 6.59. The van der Waals surface area contributed by atoms with Gasteiger partial charge in [-0.15, -0.1) is 0 Å². The summed E-state index contributed by atoms with van der Waals surface area (Å²) in [6.45, 7) is 3.87. The van der Waals surface area contributed by atoms with E-state index in [1.807, 2.05) is 13.8 Å². The highest BCUT2D eigenvalue weighted by Gasteiger charge is 2.43. The van der Waals surface area contributed by atoms with Crippen LogP contribution in [0.4, 0.5) is 5.69 Å². The number of furan rings is 1. The van der Waals surface area contributed by atoms with Crippen LogP contribution in [0.15, 0.2) is 69.5 Å². The highest BCUT2D eigenvalue weighted by atomic mass is 35.5. The number of carbonyl (C=O) groups excluding carboxylic acids is 2. The zero-order valence-electron chi connectivity index (χ0n) is 20.2. The number of nitrogens with two attached hydrogens (primary N) is 1. The molecule has 36 heavy (non-hydrogen) atoms. The van der Waals surface area contributed by atoms with E-state index >= 15 is 0 Å². The molecular weight excluding hydrogens is 482 g/mol. The number of hydrogen-bond donors (Lipinski definition) is 1. The molecule has 2 N–H and O–H groups in total. The maximum Gasteiger partial charge on any atom is 0.355 e. The molecule has 0 bridgehead atoms. The molecule has 1 atom stereocenters. The molecule has 2 heterocycles. The first-order valence-electron chi connectivity index (χ1n) is 11.2. The average molecular weight is 506 g/mol. The Morgan fingerprint density at radius 3 is 2.42 bits per heavy atom. The van der Waals surface area contributed by atoms with E-state index in [9.17, 15) is 14.9 Å². The molecule has 0 aliphatic carbocycles. The van der Waals surface area contributed by atoms with Crippen LogP contribution in [0.2, 0.25) is 5.02 Å². The SMILES string of the molecule is CCc1oc2c(Cl)cc(N3C(N)=C(C#N)C(c4ccccc4)C(C(=O)OC)=C3C(=O)OC)cc2c1C. The Bertz CT molecular complexity index is 1480. The Morgan fingerprint density at radius 2 is 1.83 bits per heavy atom. The van der Waals surface area contributed by atoms with E-state index in [2.05, 4.69) is 6.07 Å².